The number of halogens is 4. The molecule has 4 aromatic rings. The number of hydrogen-bond donors (Lipinski definition) is 1. The Morgan fingerprint density at radius 2 is 0.773 bits per heavy atom. The highest BCUT2D eigenvalue weighted by Gasteiger charge is 2.71. The van der Waals surface area contributed by atoms with E-state index >= 15 is 17.6 Å². The van der Waals surface area contributed by atoms with Crippen molar-refractivity contribution in [2.24, 2.45) is 16.7 Å². The van der Waals surface area contributed by atoms with Gasteiger partial charge < -0.3 is 10.1 Å². The van der Waals surface area contributed by atoms with Crippen molar-refractivity contribution in [3.8, 4) is 0 Å². The molecule has 0 aromatic heterocycles. The lowest BCUT2D eigenvalue weighted by Crippen LogP contribution is -2.60. The molecule has 0 bridgehead atoms. The summed E-state index contributed by atoms with van der Waals surface area (Å²) in [5.74, 6) is -2.59. The number of aldehydes is 1. The van der Waals surface area contributed by atoms with E-state index in [1.54, 1.807) is 105 Å². The molecule has 110 heavy (non-hydrogen) atoms. The fraction of sp³-hybridized carbons (Fsp3) is 0.531. The number of carbonyl (C=O) groups excluding carboxylic acids is 6. The summed E-state index contributed by atoms with van der Waals surface area (Å²) in [4.78, 5) is 73.1. The number of amides is 5. The molecule has 0 aliphatic carbocycles. The Kier molecular flexibility index (Phi) is 32.7. The monoisotopic (exact) mass is 1640 g/mol. The van der Waals surface area contributed by atoms with Gasteiger partial charge >= 0.3 is 0 Å². The molecular weight excluding hydrogens is 1530 g/mol. The molecule has 19 nitrogen and oxygen atoms in total. The van der Waals surface area contributed by atoms with Gasteiger partial charge in [0.25, 0.3) is 40.1 Å². The zero-order valence-electron chi connectivity index (χ0n) is 66.2. The molecule has 8 atom stereocenters. The SMILES string of the molecule is C=CCC[C@H]1CC(CC)(C(F)(F)[Si](C)(C)C)C(=O)N1S(=O)(=O)c1ccc(C)cc1.C=CCC[C@H]1CC(CC)C(=O)N1S(=O)(=O)c1ccc(C)cc1.C=CCC[C@H]1CCC(=O)N1.C=CCC[C@H]1CCC(=O)N1S(=O)(=O)c1ccc(C)cc1.CCC1(C(F)(F)[Si](C)(C)C)C[C@H](CCC=O)N(S(=O)(=O)c2ccc(C)cc2)C1=O. The van der Waals surface area contributed by atoms with Gasteiger partial charge in [0.15, 0.2) is 0 Å². The first-order valence-electron chi connectivity index (χ1n) is 37.7. The first kappa shape index (κ1) is 93.4. The van der Waals surface area contributed by atoms with Gasteiger partial charge in [0.1, 0.15) is 33.3 Å². The van der Waals surface area contributed by atoms with Crippen LogP contribution in [0, 0.1) is 44.4 Å². The van der Waals surface area contributed by atoms with Gasteiger partial charge in [0.05, 0.1) is 19.6 Å². The van der Waals surface area contributed by atoms with Gasteiger partial charge in [-0.05, 0) is 185 Å². The van der Waals surface area contributed by atoms with E-state index in [2.05, 4.69) is 31.6 Å². The first-order valence-corrected chi connectivity index (χ1v) is 50.5. The summed E-state index contributed by atoms with van der Waals surface area (Å²) < 4.78 is 170. The molecule has 5 aliphatic rings. The van der Waals surface area contributed by atoms with E-state index in [1.165, 1.54) is 70.5 Å². The number of hydrogen-bond acceptors (Lipinski definition) is 14. The Balaban J connectivity index is 0.000000254. The van der Waals surface area contributed by atoms with E-state index in [-0.39, 0.29) is 100 Å². The molecule has 608 valence electrons. The summed E-state index contributed by atoms with van der Waals surface area (Å²) >= 11 is 0. The van der Waals surface area contributed by atoms with Crippen molar-refractivity contribution in [1.82, 2.24) is 22.5 Å². The third-order valence-electron chi connectivity index (χ3n) is 21.4. The van der Waals surface area contributed by atoms with E-state index in [0.29, 0.717) is 80.8 Å². The normalized spacial score (nSPS) is 22.5. The summed E-state index contributed by atoms with van der Waals surface area (Å²) in [5.41, 5.74) is -6.95. The molecular formula is C81H115F4N5O14S4Si2. The standard InChI is InChI=1S/C21H31F2NO3SSi.C20H29F2NO4SSi.C17H23NO3S.C15H19NO3S.C8H13NO/c1-7-9-10-17-15-20(8-2,21(22,23)29(4,5)6)19(25)24(17)28(26,27)18-13-11-16(3)12-14-18;1-6-19(20(21,22)29(3,4)5)14-16(8-7-13-24)23(18(19)25)28(26,27)17-11-9-15(2)10-12-17;1-4-6-7-15-12-14(5-2)17(19)18(15)22(20,21)16-10-8-13(3)9-11-16;1-3-4-5-13-8-11-15(17)16(13)20(18,19)14-9-6-12(2)7-10-14;1-2-3-4-7-5-6-8(10)9-7/h7,11-14,17H,1,8-10,15H2,2-6H3;9-13,16H,6-8,14H2,1-5H3;4,8-11,14-15H,1,5-7,12H2,2-3H3;3,6-7,9-10,13H,1,4-5,8,11H2,2H3;2,7H,1,3-6H2,(H,9,10)/t17-,20?;16-,19?;14?,15-;13-;7-/m00000/s1. The second-order valence-corrected chi connectivity index (χ2v) is 48.7. The highest BCUT2D eigenvalue weighted by Crippen LogP contribution is 2.57. The Morgan fingerprint density at radius 1 is 0.455 bits per heavy atom. The summed E-state index contributed by atoms with van der Waals surface area (Å²) in [6, 6.07) is 23.4. The molecule has 0 spiro atoms. The number of nitrogens with one attached hydrogen (secondary N) is 1. The smallest absolute Gasteiger partial charge is 0.266 e. The Bertz CT molecular complexity index is 4240. The van der Waals surface area contributed by atoms with Gasteiger partial charge in [0, 0.05) is 55.4 Å². The predicted molar refractivity (Wildman–Crippen MR) is 429 cm³/mol. The molecule has 3 unspecified atom stereocenters. The fourth-order valence-corrected chi connectivity index (χ4v) is 25.1. The predicted octanol–water partition coefficient (Wildman–Crippen LogP) is 16.5. The number of allylic oxidation sites excluding steroid dienone is 4. The largest absolute Gasteiger partial charge is 0.353 e. The van der Waals surface area contributed by atoms with E-state index in [0.717, 1.165) is 54.4 Å². The van der Waals surface area contributed by atoms with Crippen molar-refractivity contribution in [3.63, 3.8) is 0 Å². The van der Waals surface area contributed by atoms with Crippen LogP contribution in [-0.4, -0.2) is 144 Å². The topological polar surface area (TPSA) is 264 Å². The number of rotatable bonds is 30. The van der Waals surface area contributed by atoms with Crippen LogP contribution in [-0.2, 0) is 68.9 Å². The van der Waals surface area contributed by atoms with Crippen LogP contribution >= 0.6 is 0 Å². The van der Waals surface area contributed by atoms with Crippen molar-refractivity contribution in [3.05, 3.63) is 170 Å². The molecule has 0 saturated carbocycles. The van der Waals surface area contributed by atoms with Gasteiger partial charge in [-0.1, -0.05) is 155 Å². The fourth-order valence-electron chi connectivity index (χ4n) is 14.7. The second-order valence-electron chi connectivity index (χ2n) is 31.2. The van der Waals surface area contributed by atoms with Crippen LogP contribution in [0.4, 0.5) is 17.6 Å². The minimum absolute atomic E-state index is 0.00379. The molecule has 5 saturated heterocycles. The Morgan fingerprint density at radius 3 is 1.08 bits per heavy atom. The molecule has 1 N–H and O–H groups in total. The quantitative estimate of drug-likeness (QED) is 0.0220. The lowest BCUT2D eigenvalue weighted by Gasteiger charge is -2.41. The van der Waals surface area contributed by atoms with Crippen molar-refractivity contribution in [1.29, 1.82) is 0 Å². The van der Waals surface area contributed by atoms with Crippen molar-refractivity contribution < 1.29 is 80.0 Å². The van der Waals surface area contributed by atoms with Crippen molar-refractivity contribution in [2.75, 3.05) is 0 Å². The molecule has 5 aliphatic heterocycles. The Hall–Kier alpha value is -7.19. The highest BCUT2D eigenvalue weighted by molar-refractivity contribution is 7.90. The number of nitrogens with zero attached hydrogens (tertiary/aromatic N) is 4. The van der Waals surface area contributed by atoms with E-state index in [9.17, 15) is 62.4 Å². The van der Waals surface area contributed by atoms with Crippen LogP contribution in [0.25, 0.3) is 0 Å². The summed E-state index contributed by atoms with van der Waals surface area (Å²) in [6.45, 7) is 36.0. The third kappa shape index (κ3) is 20.6. The first-order chi connectivity index (χ1) is 51.2. The van der Waals surface area contributed by atoms with Gasteiger partial charge in [-0.3, -0.25) is 24.0 Å². The number of aryl methyl sites for hydroxylation is 4. The van der Waals surface area contributed by atoms with Gasteiger partial charge in [-0.25, -0.2) is 68.5 Å². The average Bonchev–Trinajstić information content (AvgIpc) is 1.54. The highest BCUT2D eigenvalue weighted by atomic mass is 32.2. The Labute approximate surface area is 654 Å². The summed E-state index contributed by atoms with van der Waals surface area (Å²) in [5, 5.41) is 2.90. The lowest BCUT2D eigenvalue weighted by atomic mass is 9.81. The minimum Gasteiger partial charge on any atom is -0.353 e. The molecule has 5 fully saturated rings. The number of benzene rings is 4. The van der Waals surface area contributed by atoms with Crippen LogP contribution < -0.4 is 5.32 Å². The molecule has 9 rings (SSSR count). The molecule has 0 radical (unpaired) electrons. The number of sulfonamides is 4. The zero-order chi connectivity index (χ0) is 83.0. The van der Waals surface area contributed by atoms with Crippen LogP contribution in [0.1, 0.15) is 171 Å². The van der Waals surface area contributed by atoms with Crippen LogP contribution in [0.5, 0.6) is 0 Å². The van der Waals surface area contributed by atoms with E-state index < -0.39 is 102 Å². The van der Waals surface area contributed by atoms with Gasteiger partial charge in [-0.15, -0.1) is 26.3 Å². The van der Waals surface area contributed by atoms with Crippen molar-refractivity contribution in [2.45, 2.75) is 277 Å². The molecule has 29 heteroatoms. The summed E-state index contributed by atoms with van der Waals surface area (Å²) in [6.07, 6.45) is 16.3. The second kappa shape index (κ2) is 38.6. The number of carbonyl (C=O) groups is 6. The zero-order valence-corrected chi connectivity index (χ0v) is 71.5. The molecule has 4 aromatic carbocycles. The maximum absolute atomic E-state index is 15.7. The van der Waals surface area contributed by atoms with E-state index in [4.69, 9.17) is 0 Å². The van der Waals surface area contributed by atoms with Gasteiger partial charge in [0.2, 0.25) is 40.6 Å². The number of alkyl halides is 4. The maximum atomic E-state index is 15.7. The maximum Gasteiger partial charge on any atom is 0.266 e. The van der Waals surface area contributed by atoms with Gasteiger partial charge in [-0.2, -0.15) is 0 Å². The third-order valence-corrected chi connectivity index (χ3v) is 33.6. The molecule has 5 heterocycles. The van der Waals surface area contributed by atoms with E-state index in [1.807, 2.05) is 33.8 Å². The van der Waals surface area contributed by atoms with Crippen molar-refractivity contribution >= 4 is 92.1 Å². The molecule has 5 amide bonds. The van der Waals surface area contributed by atoms with Crippen LogP contribution in [0.3, 0.4) is 0 Å². The van der Waals surface area contributed by atoms with Crippen LogP contribution in [0.2, 0.25) is 39.3 Å². The summed E-state index contributed by atoms with van der Waals surface area (Å²) in [7, 11) is -22.4. The minimum atomic E-state index is -4.32. The van der Waals surface area contributed by atoms with Crippen LogP contribution in [0.15, 0.2) is 167 Å². The average molecular weight is 1640 g/mol. The lowest BCUT2D eigenvalue weighted by molar-refractivity contribution is -0.147.